The van der Waals surface area contributed by atoms with Crippen LogP contribution in [-0.2, 0) is 6.42 Å². The summed E-state index contributed by atoms with van der Waals surface area (Å²) in [6.45, 7) is 4.29. The topological polar surface area (TPSA) is 49.3 Å². The Balaban J connectivity index is 1.42. The molecule has 1 saturated heterocycles. The number of carbonyl (C=O) groups excluding carboxylic acids is 1. The number of halogens is 3. The highest BCUT2D eigenvalue weighted by molar-refractivity contribution is 6.33. The SMILES string of the molecule is Cc1nc(C2CC2)nc(N2CCN(C(=O)c3ccccc3Cl)CC2)c1Cc1c(F)cccc1Cl. The minimum absolute atomic E-state index is 0.0684. The molecule has 2 aliphatic rings. The van der Waals surface area contributed by atoms with Crippen LogP contribution >= 0.6 is 23.2 Å². The molecule has 0 spiro atoms. The van der Waals surface area contributed by atoms with Crippen molar-refractivity contribution in [3.8, 4) is 0 Å². The van der Waals surface area contributed by atoms with Gasteiger partial charge in [0.15, 0.2) is 0 Å². The zero-order valence-electron chi connectivity index (χ0n) is 18.9. The van der Waals surface area contributed by atoms with Crippen molar-refractivity contribution in [1.29, 1.82) is 0 Å². The van der Waals surface area contributed by atoms with Crippen LogP contribution in [0, 0.1) is 12.7 Å². The Bertz CT molecular complexity index is 1220. The number of rotatable bonds is 5. The van der Waals surface area contributed by atoms with Crippen molar-refractivity contribution in [3.05, 3.63) is 86.5 Å². The molecule has 8 heteroatoms. The van der Waals surface area contributed by atoms with Crippen LogP contribution in [0.3, 0.4) is 0 Å². The van der Waals surface area contributed by atoms with Gasteiger partial charge in [0.2, 0.25) is 0 Å². The maximum Gasteiger partial charge on any atom is 0.255 e. The fourth-order valence-electron chi connectivity index (χ4n) is 4.40. The summed E-state index contributed by atoms with van der Waals surface area (Å²) in [5.74, 6) is 1.66. The van der Waals surface area contributed by atoms with Crippen LogP contribution < -0.4 is 4.90 Å². The lowest BCUT2D eigenvalue weighted by atomic mass is 10.0. The third-order valence-electron chi connectivity index (χ3n) is 6.54. The first-order chi connectivity index (χ1) is 16.4. The van der Waals surface area contributed by atoms with E-state index in [1.165, 1.54) is 6.07 Å². The summed E-state index contributed by atoms with van der Waals surface area (Å²) in [5, 5.41) is 0.853. The van der Waals surface area contributed by atoms with Crippen molar-refractivity contribution < 1.29 is 9.18 Å². The molecule has 1 aliphatic carbocycles. The summed E-state index contributed by atoms with van der Waals surface area (Å²) in [6, 6.07) is 11.9. The number of aryl methyl sites for hydroxylation is 1. The first kappa shape index (κ1) is 23.1. The maximum absolute atomic E-state index is 14.6. The zero-order valence-corrected chi connectivity index (χ0v) is 20.4. The van der Waals surface area contributed by atoms with Crippen LogP contribution in [0.4, 0.5) is 10.2 Å². The molecule has 1 amide bonds. The van der Waals surface area contributed by atoms with Gasteiger partial charge in [-0.05, 0) is 44.0 Å². The fraction of sp³-hybridized carbons (Fsp3) is 0.346. The van der Waals surface area contributed by atoms with Gasteiger partial charge in [-0.25, -0.2) is 14.4 Å². The average Bonchev–Trinajstić information content (AvgIpc) is 3.68. The summed E-state index contributed by atoms with van der Waals surface area (Å²) in [7, 11) is 0. The summed E-state index contributed by atoms with van der Waals surface area (Å²) in [4.78, 5) is 26.7. The molecule has 0 N–H and O–H groups in total. The lowest BCUT2D eigenvalue weighted by Gasteiger charge is -2.36. The lowest BCUT2D eigenvalue weighted by molar-refractivity contribution is 0.0746. The molecule has 176 valence electrons. The Morgan fingerprint density at radius 2 is 1.68 bits per heavy atom. The van der Waals surface area contributed by atoms with E-state index in [9.17, 15) is 9.18 Å². The Hall–Kier alpha value is -2.70. The van der Waals surface area contributed by atoms with Crippen LogP contribution in [0.5, 0.6) is 0 Å². The predicted molar refractivity (Wildman–Crippen MR) is 133 cm³/mol. The predicted octanol–water partition coefficient (Wildman–Crippen LogP) is 5.66. The maximum atomic E-state index is 14.6. The first-order valence-corrected chi connectivity index (χ1v) is 12.3. The highest BCUT2D eigenvalue weighted by Gasteiger charge is 2.31. The van der Waals surface area contributed by atoms with Crippen molar-refractivity contribution in [3.63, 3.8) is 0 Å². The van der Waals surface area contributed by atoms with Crippen LogP contribution in [0.25, 0.3) is 0 Å². The molecule has 34 heavy (non-hydrogen) atoms. The first-order valence-electron chi connectivity index (χ1n) is 11.5. The van der Waals surface area contributed by atoms with E-state index in [4.69, 9.17) is 33.2 Å². The standard InChI is InChI=1S/C26H25Cl2FN4O/c1-16-19(15-20-22(28)7-4-8-23(20)29)25(31-24(30-16)17-9-10-17)32-11-13-33(14-12-32)26(34)18-5-2-3-6-21(18)27/h2-8,17H,9-15H2,1H3. The Labute approximate surface area is 208 Å². The normalized spacial score (nSPS) is 16.1. The largest absolute Gasteiger partial charge is 0.353 e. The molecule has 1 saturated carbocycles. The quantitative estimate of drug-likeness (QED) is 0.455. The van der Waals surface area contributed by atoms with E-state index in [-0.39, 0.29) is 11.7 Å². The van der Waals surface area contributed by atoms with Gasteiger partial charge in [0.05, 0.1) is 10.6 Å². The number of benzene rings is 2. The molecule has 0 bridgehead atoms. The van der Waals surface area contributed by atoms with Gasteiger partial charge in [-0.3, -0.25) is 4.79 Å². The summed E-state index contributed by atoms with van der Waals surface area (Å²) in [6.07, 6.45) is 2.51. The molecule has 1 aliphatic heterocycles. The molecule has 2 aromatic carbocycles. The molecule has 3 aromatic rings. The molecule has 2 heterocycles. The van der Waals surface area contributed by atoms with Gasteiger partial charge in [0, 0.05) is 60.4 Å². The highest BCUT2D eigenvalue weighted by atomic mass is 35.5. The second-order valence-corrected chi connectivity index (χ2v) is 9.69. The summed E-state index contributed by atoms with van der Waals surface area (Å²) >= 11 is 12.6. The van der Waals surface area contributed by atoms with E-state index in [1.54, 1.807) is 24.3 Å². The molecule has 1 aromatic heterocycles. The van der Waals surface area contributed by atoms with Crippen molar-refractivity contribution in [2.45, 2.75) is 32.1 Å². The summed E-state index contributed by atoms with van der Waals surface area (Å²) < 4.78 is 14.6. The molecule has 0 atom stereocenters. The average molecular weight is 499 g/mol. The van der Waals surface area contributed by atoms with E-state index >= 15 is 0 Å². The minimum Gasteiger partial charge on any atom is -0.353 e. The molecular formula is C26H25Cl2FN4O. The number of anilines is 1. The molecule has 0 unspecified atom stereocenters. The van der Waals surface area contributed by atoms with E-state index in [0.29, 0.717) is 59.7 Å². The second-order valence-electron chi connectivity index (χ2n) is 8.88. The van der Waals surface area contributed by atoms with Crippen molar-refractivity contribution in [1.82, 2.24) is 14.9 Å². The van der Waals surface area contributed by atoms with Gasteiger partial charge in [-0.15, -0.1) is 0 Å². The number of amides is 1. The van der Waals surface area contributed by atoms with Gasteiger partial charge < -0.3 is 9.80 Å². The van der Waals surface area contributed by atoms with E-state index in [0.717, 1.165) is 35.7 Å². The Kier molecular flexibility index (Phi) is 6.45. The van der Waals surface area contributed by atoms with Gasteiger partial charge in [0.25, 0.3) is 5.91 Å². The summed E-state index contributed by atoms with van der Waals surface area (Å²) in [5.41, 5.74) is 2.69. The van der Waals surface area contributed by atoms with Gasteiger partial charge in [-0.2, -0.15) is 0 Å². The number of hydrogen-bond donors (Lipinski definition) is 0. The van der Waals surface area contributed by atoms with Gasteiger partial charge in [0.1, 0.15) is 17.5 Å². The highest BCUT2D eigenvalue weighted by Crippen LogP contribution is 2.40. The molecule has 0 radical (unpaired) electrons. The van der Waals surface area contributed by atoms with E-state index in [1.807, 2.05) is 24.0 Å². The van der Waals surface area contributed by atoms with Crippen molar-refractivity contribution in [2.75, 3.05) is 31.1 Å². The van der Waals surface area contributed by atoms with Crippen LogP contribution in [-0.4, -0.2) is 47.0 Å². The van der Waals surface area contributed by atoms with Crippen LogP contribution in [0.15, 0.2) is 42.5 Å². The number of hydrogen-bond acceptors (Lipinski definition) is 4. The Morgan fingerprint density at radius 1 is 0.971 bits per heavy atom. The third-order valence-corrected chi connectivity index (χ3v) is 7.22. The number of carbonyl (C=O) groups is 1. The van der Waals surface area contributed by atoms with Crippen molar-refractivity contribution in [2.24, 2.45) is 0 Å². The van der Waals surface area contributed by atoms with Crippen molar-refractivity contribution >= 4 is 34.9 Å². The monoisotopic (exact) mass is 498 g/mol. The Morgan fingerprint density at radius 3 is 2.35 bits per heavy atom. The molecular weight excluding hydrogens is 474 g/mol. The van der Waals surface area contributed by atoms with Gasteiger partial charge in [-0.1, -0.05) is 41.4 Å². The number of aromatic nitrogens is 2. The molecule has 2 fully saturated rings. The van der Waals surface area contributed by atoms with Crippen LogP contribution in [0.2, 0.25) is 10.0 Å². The number of nitrogens with zero attached hydrogens (tertiary/aromatic N) is 4. The van der Waals surface area contributed by atoms with E-state index < -0.39 is 0 Å². The minimum atomic E-state index is -0.334. The van der Waals surface area contributed by atoms with Crippen LogP contribution in [0.1, 0.15) is 51.8 Å². The molecule has 5 rings (SSSR count). The van der Waals surface area contributed by atoms with E-state index in [2.05, 4.69) is 4.90 Å². The fourth-order valence-corrected chi connectivity index (χ4v) is 4.85. The number of piperazine rings is 1. The lowest BCUT2D eigenvalue weighted by Crippen LogP contribution is -2.49. The third kappa shape index (κ3) is 4.62. The smallest absolute Gasteiger partial charge is 0.255 e. The second kappa shape index (κ2) is 9.51. The van der Waals surface area contributed by atoms with Gasteiger partial charge >= 0.3 is 0 Å². The zero-order chi connectivity index (χ0) is 23.8. The molecule has 5 nitrogen and oxygen atoms in total.